The summed E-state index contributed by atoms with van der Waals surface area (Å²) in [5, 5.41) is 3.03. The van der Waals surface area contributed by atoms with Crippen molar-refractivity contribution in [2.24, 2.45) is 0 Å². The third-order valence-electron chi connectivity index (χ3n) is 3.95. The van der Waals surface area contributed by atoms with Gasteiger partial charge in [-0.25, -0.2) is 4.98 Å². The van der Waals surface area contributed by atoms with E-state index >= 15 is 0 Å². The molecule has 1 aliphatic rings. The van der Waals surface area contributed by atoms with Crippen LogP contribution in [0.3, 0.4) is 0 Å². The summed E-state index contributed by atoms with van der Waals surface area (Å²) in [4.78, 5) is 16.9. The lowest BCUT2D eigenvalue weighted by Crippen LogP contribution is -2.34. The van der Waals surface area contributed by atoms with Gasteiger partial charge in [0.25, 0.3) is 0 Å². The molecule has 1 amide bonds. The molecular formula is C16H21N3O. The maximum atomic E-state index is 12.2. The fourth-order valence-electron chi connectivity index (χ4n) is 2.48. The first-order chi connectivity index (χ1) is 9.69. The molecule has 0 radical (unpaired) electrons. The maximum Gasteiger partial charge on any atom is 0.240 e. The Morgan fingerprint density at radius 2 is 2.20 bits per heavy atom. The van der Waals surface area contributed by atoms with Gasteiger partial charge in [-0.15, -0.1) is 0 Å². The Bertz CT molecular complexity index is 628. The Morgan fingerprint density at radius 1 is 1.45 bits per heavy atom. The van der Waals surface area contributed by atoms with Crippen LogP contribution in [-0.2, 0) is 11.3 Å². The highest BCUT2D eigenvalue weighted by molar-refractivity contribution is 5.81. The first-order valence-electron chi connectivity index (χ1n) is 7.43. The van der Waals surface area contributed by atoms with Gasteiger partial charge in [-0.1, -0.05) is 19.1 Å². The molecule has 1 aliphatic carbocycles. The zero-order chi connectivity index (χ0) is 14.1. The van der Waals surface area contributed by atoms with Crippen LogP contribution in [0.25, 0.3) is 11.0 Å². The maximum absolute atomic E-state index is 12.2. The van der Waals surface area contributed by atoms with Crippen molar-refractivity contribution in [2.75, 3.05) is 0 Å². The van der Waals surface area contributed by atoms with E-state index in [0.29, 0.717) is 12.5 Å². The van der Waals surface area contributed by atoms with Crippen LogP contribution in [0.5, 0.6) is 0 Å². The smallest absolute Gasteiger partial charge is 0.240 e. The number of amides is 1. The Kier molecular flexibility index (Phi) is 3.47. The number of hydrogen-bond donors (Lipinski definition) is 1. The van der Waals surface area contributed by atoms with Gasteiger partial charge in [0.15, 0.2) is 0 Å². The largest absolute Gasteiger partial charge is 0.352 e. The molecule has 1 heterocycles. The molecule has 2 aromatic rings. The van der Waals surface area contributed by atoms with Gasteiger partial charge in [-0.3, -0.25) is 4.79 Å². The van der Waals surface area contributed by atoms with Gasteiger partial charge in [0, 0.05) is 12.0 Å². The second-order valence-electron chi connectivity index (χ2n) is 5.70. The fraction of sp³-hybridized carbons (Fsp3) is 0.500. The number of nitrogens with one attached hydrogen (secondary N) is 1. The molecule has 106 valence electrons. The summed E-state index contributed by atoms with van der Waals surface area (Å²) in [7, 11) is 0. The van der Waals surface area contributed by atoms with Crippen molar-refractivity contribution in [3.8, 4) is 0 Å². The minimum atomic E-state index is 0.0735. The van der Waals surface area contributed by atoms with E-state index in [1.165, 1.54) is 12.8 Å². The number of rotatable bonds is 5. The highest BCUT2D eigenvalue weighted by atomic mass is 16.2. The lowest BCUT2D eigenvalue weighted by molar-refractivity contribution is -0.122. The molecule has 20 heavy (non-hydrogen) atoms. The number of para-hydroxylation sites is 2. The Hall–Kier alpha value is -1.84. The number of fused-ring (bicyclic) bond motifs is 1. The summed E-state index contributed by atoms with van der Waals surface area (Å²) >= 11 is 0. The molecule has 0 saturated heterocycles. The number of hydrogen-bond acceptors (Lipinski definition) is 2. The van der Waals surface area contributed by atoms with E-state index in [4.69, 9.17) is 4.98 Å². The van der Waals surface area contributed by atoms with Gasteiger partial charge in [-0.2, -0.15) is 0 Å². The summed E-state index contributed by atoms with van der Waals surface area (Å²) < 4.78 is 2.09. The van der Waals surface area contributed by atoms with Crippen molar-refractivity contribution in [1.29, 1.82) is 0 Å². The first-order valence-corrected chi connectivity index (χ1v) is 7.43. The quantitative estimate of drug-likeness (QED) is 0.909. The zero-order valence-corrected chi connectivity index (χ0v) is 12.1. The molecule has 1 fully saturated rings. The second kappa shape index (κ2) is 5.27. The molecule has 1 aromatic heterocycles. The van der Waals surface area contributed by atoms with Crippen LogP contribution in [0.4, 0.5) is 0 Å². The van der Waals surface area contributed by atoms with E-state index < -0.39 is 0 Å². The second-order valence-corrected chi connectivity index (χ2v) is 5.70. The number of carbonyl (C=O) groups excluding carboxylic acids is 1. The van der Waals surface area contributed by atoms with Gasteiger partial charge >= 0.3 is 0 Å². The van der Waals surface area contributed by atoms with Crippen LogP contribution in [-0.4, -0.2) is 21.5 Å². The lowest BCUT2D eigenvalue weighted by Gasteiger charge is -2.13. The Labute approximate surface area is 119 Å². The molecule has 0 bridgehead atoms. The lowest BCUT2D eigenvalue weighted by atomic mass is 10.2. The molecule has 1 N–H and O–H groups in total. The third-order valence-corrected chi connectivity index (χ3v) is 3.95. The monoisotopic (exact) mass is 271 g/mol. The Balaban J connectivity index is 1.89. The fourth-order valence-corrected chi connectivity index (χ4v) is 2.48. The van der Waals surface area contributed by atoms with Crippen LogP contribution in [0.1, 0.15) is 44.9 Å². The summed E-state index contributed by atoms with van der Waals surface area (Å²) in [6.45, 7) is 4.48. The van der Waals surface area contributed by atoms with Gasteiger partial charge in [-0.05, 0) is 38.3 Å². The van der Waals surface area contributed by atoms with Crippen molar-refractivity contribution in [3.05, 3.63) is 30.1 Å². The van der Waals surface area contributed by atoms with Crippen LogP contribution in [0, 0.1) is 0 Å². The Morgan fingerprint density at radius 3 is 2.90 bits per heavy atom. The minimum Gasteiger partial charge on any atom is -0.352 e. The zero-order valence-electron chi connectivity index (χ0n) is 12.1. The van der Waals surface area contributed by atoms with E-state index in [0.717, 1.165) is 23.3 Å². The molecule has 4 nitrogen and oxygen atoms in total. The SMILES string of the molecule is CCC(C)NC(=O)Cn1c(C2CC2)nc2ccccc21. The molecule has 0 spiro atoms. The van der Waals surface area contributed by atoms with E-state index in [-0.39, 0.29) is 11.9 Å². The van der Waals surface area contributed by atoms with Gasteiger partial charge < -0.3 is 9.88 Å². The first kappa shape index (κ1) is 13.2. The summed E-state index contributed by atoms with van der Waals surface area (Å²) in [6.07, 6.45) is 3.33. The number of aromatic nitrogens is 2. The molecule has 1 unspecified atom stereocenters. The normalized spacial score (nSPS) is 16.3. The molecule has 1 saturated carbocycles. The molecule has 3 rings (SSSR count). The predicted molar refractivity (Wildman–Crippen MR) is 79.6 cm³/mol. The van der Waals surface area contributed by atoms with Crippen molar-refractivity contribution in [1.82, 2.24) is 14.9 Å². The van der Waals surface area contributed by atoms with E-state index in [1.54, 1.807) is 0 Å². The van der Waals surface area contributed by atoms with E-state index in [2.05, 4.69) is 16.8 Å². The third kappa shape index (κ3) is 2.55. The summed E-state index contributed by atoms with van der Waals surface area (Å²) in [5.74, 6) is 1.69. The van der Waals surface area contributed by atoms with Gasteiger partial charge in [0.2, 0.25) is 5.91 Å². The van der Waals surface area contributed by atoms with Crippen LogP contribution >= 0.6 is 0 Å². The summed E-state index contributed by atoms with van der Waals surface area (Å²) in [5.41, 5.74) is 2.06. The highest BCUT2D eigenvalue weighted by Gasteiger charge is 2.30. The topological polar surface area (TPSA) is 46.9 Å². The van der Waals surface area contributed by atoms with Crippen LogP contribution in [0.15, 0.2) is 24.3 Å². The molecule has 4 heteroatoms. The van der Waals surface area contributed by atoms with Crippen LogP contribution < -0.4 is 5.32 Å². The average Bonchev–Trinajstić information content (AvgIpc) is 3.23. The minimum absolute atomic E-state index is 0.0735. The highest BCUT2D eigenvalue weighted by Crippen LogP contribution is 2.40. The van der Waals surface area contributed by atoms with Crippen LogP contribution in [0.2, 0.25) is 0 Å². The molecule has 1 atom stereocenters. The number of nitrogens with zero attached hydrogens (tertiary/aromatic N) is 2. The molecule has 0 aliphatic heterocycles. The average molecular weight is 271 g/mol. The molecular weight excluding hydrogens is 250 g/mol. The van der Waals surface area contributed by atoms with Crippen molar-refractivity contribution in [2.45, 2.75) is 51.6 Å². The van der Waals surface area contributed by atoms with E-state index in [9.17, 15) is 4.79 Å². The van der Waals surface area contributed by atoms with Crippen molar-refractivity contribution >= 4 is 16.9 Å². The van der Waals surface area contributed by atoms with Crippen molar-refractivity contribution in [3.63, 3.8) is 0 Å². The van der Waals surface area contributed by atoms with Crippen molar-refractivity contribution < 1.29 is 4.79 Å². The van der Waals surface area contributed by atoms with Gasteiger partial charge in [0.1, 0.15) is 12.4 Å². The van der Waals surface area contributed by atoms with E-state index in [1.807, 2.05) is 31.2 Å². The predicted octanol–water partition coefficient (Wildman–Crippen LogP) is 2.83. The number of benzene rings is 1. The van der Waals surface area contributed by atoms with Gasteiger partial charge in [0.05, 0.1) is 11.0 Å². The number of imidazole rings is 1. The number of carbonyl (C=O) groups is 1. The molecule has 1 aromatic carbocycles. The standard InChI is InChI=1S/C16H21N3O/c1-3-11(2)17-15(20)10-19-14-7-5-4-6-13(14)18-16(19)12-8-9-12/h4-7,11-12H,3,8-10H2,1-2H3,(H,17,20). The summed E-state index contributed by atoms with van der Waals surface area (Å²) in [6, 6.07) is 8.29.